The van der Waals surface area contributed by atoms with Crippen molar-refractivity contribution in [3.05, 3.63) is 29.3 Å². The highest BCUT2D eigenvalue weighted by atomic mass is 16.3. The van der Waals surface area contributed by atoms with Crippen molar-refractivity contribution in [2.24, 2.45) is 0 Å². The maximum Gasteiger partial charge on any atom is 0.101 e. The first-order chi connectivity index (χ1) is 7.26. The predicted molar refractivity (Wildman–Crippen MR) is 58.5 cm³/mol. The lowest BCUT2D eigenvalue weighted by molar-refractivity contribution is 0.282. The summed E-state index contributed by atoms with van der Waals surface area (Å²) >= 11 is 0. The molecule has 1 saturated carbocycles. The SMILES string of the molecule is CN(c1ccc(CO)cc1C#N)C1CC1. The molecule has 0 heterocycles. The number of aliphatic hydroxyl groups is 1. The molecule has 0 saturated heterocycles. The van der Waals surface area contributed by atoms with Gasteiger partial charge in [-0.05, 0) is 30.5 Å². The highest BCUT2D eigenvalue weighted by Crippen LogP contribution is 2.32. The van der Waals surface area contributed by atoms with E-state index in [0.29, 0.717) is 11.6 Å². The Morgan fingerprint density at radius 2 is 2.27 bits per heavy atom. The van der Waals surface area contributed by atoms with Crippen LogP contribution in [0.25, 0.3) is 0 Å². The van der Waals surface area contributed by atoms with Gasteiger partial charge in [0.05, 0.1) is 17.9 Å². The quantitative estimate of drug-likeness (QED) is 0.810. The number of rotatable bonds is 3. The molecule has 0 bridgehead atoms. The predicted octanol–water partition coefficient (Wildman–Crippen LogP) is 1.65. The molecule has 2 rings (SSSR count). The van der Waals surface area contributed by atoms with E-state index in [1.165, 1.54) is 12.8 Å². The van der Waals surface area contributed by atoms with Crippen molar-refractivity contribution in [3.63, 3.8) is 0 Å². The standard InChI is InChI=1S/C12H14N2O/c1-14(11-3-4-11)12-5-2-9(8-15)6-10(12)7-13/h2,5-6,11,15H,3-4,8H2,1H3. The van der Waals surface area contributed by atoms with Gasteiger partial charge in [-0.1, -0.05) is 6.07 Å². The first-order valence-electron chi connectivity index (χ1n) is 5.13. The van der Waals surface area contributed by atoms with Gasteiger partial charge in [0, 0.05) is 13.1 Å². The van der Waals surface area contributed by atoms with Crippen molar-refractivity contribution in [3.8, 4) is 6.07 Å². The molecule has 1 aliphatic rings. The van der Waals surface area contributed by atoms with Crippen LogP contribution < -0.4 is 4.90 Å². The molecule has 1 aliphatic carbocycles. The second kappa shape index (κ2) is 3.92. The Hall–Kier alpha value is -1.53. The monoisotopic (exact) mass is 202 g/mol. The summed E-state index contributed by atoms with van der Waals surface area (Å²) in [7, 11) is 2.02. The van der Waals surface area contributed by atoms with E-state index < -0.39 is 0 Å². The maximum absolute atomic E-state index is 9.03. The van der Waals surface area contributed by atoms with Gasteiger partial charge >= 0.3 is 0 Å². The second-order valence-electron chi connectivity index (χ2n) is 3.96. The summed E-state index contributed by atoms with van der Waals surface area (Å²) in [6.45, 7) is -0.0118. The van der Waals surface area contributed by atoms with Gasteiger partial charge in [-0.25, -0.2) is 0 Å². The van der Waals surface area contributed by atoms with Crippen molar-refractivity contribution >= 4 is 5.69 Å². The summed E-state index contributed by atoms with van der Waals surface area (Å²) in [5, 5.41) is 18.0. The van der Waals surface area contributed by atoms with Gasteiger partial charge in [0.2, 0.25) is 0 Å². The second-order valence-corrected chi connectivity index (χ2v) is 3.96. The van der Waals surface area contributed by atoms with E-state index in [0.717, 1.165) is 11.3 Å². The number of nitriles is 1. The zero-order chi connectivity index (χ0) is 10.8. The fraction of sp³-hybridized carbons (Fsp3) is 0.417. The minimum atomic E-state index is -0.0118. The topological polar surface area (TPSA) is 47.3 Å². The normalized spacial score (nSPS) is 14.7. The molecule has 0 amide bonds. The van der Waals surface area contributed by atoms with Crippen LogP contribution in [0.1, 0.15) is 24.0 Å². The van der Waals surface area contributed by atoms with E-state index in [1.807, 2.05) is 19.2 Å². The maximum atomic E-state index is 9.03. The minimum absolute atomic E-state index is 0.0118. The fourth-order valence-electron chi connectivity index (χ4n) is 1.74. The average Bonchev–Trinajstić information content (AvgIpc) is 3.11. The van der Waals surface area contributed by atoms with Gasteiger partial charge in [-0.2, -0.15) is 5.26 Å². The van der Waals surface area contributed by atoms with Crippen molar-refractivity contribution in [1.29, 1.82) is 5.26 Å². The van der Waals surface area contributed by atoms with Gasteiger partial charge in [0.1, 0.15) is 6.07 Å². The van der Waals surface area contributed by atoms with Crippen molar-refractivity contribution in [2.75, 3.05) is 11.9 Å². The van der Waals surface area contributed by atoms with Crippen LogP contribution in [-0.4, -0.2) is 18.2 Å². The van der Waals surface area contributed by atoms with E-state index in [4.69, 9.17) is 10.4 Å². The molecular formula is C12H14N2O. The molecule has 1 N–H and O–H groups in total. The molecule has 0 aromatic heterocycles. The molecule has 3 nitrogen and oxygen atoms in total. The van der Waals surface area contributed by atoms with Crippen LogP contribution in [0, 0.1) is 11.3 Å². The van der Waals surface area contributed by atoms with Crippen LogP contribution in [0.3, 0.4) is 0 Å². The third kappa shape index (κ3) is 1.95. The van der Waals surface area contributed by atoms with Crippen LogP contribution in [0.5, 0.6) is 0 Å². The number of benzene rings is 1. The van der Waals surface area contributed by atoms with E-state index in [-0.39, 0.29) is 6.61 Å². The highest BCUT2D eigenvalue weighted by molar-refractivity contribution is 5.61. The molecule has 15 heavy (non-hydrogen) atoms. The molecule has 1 fully saturated rings. The number of nitrogens with zero attached hydrogens (tertiary/aromatic N) is 2. The van der Waals surface area contributed by atoms with Crippen LogP contribution in [0.4, 0.5) is 5.69 Å². The van der Waals surface area contributed by atoms with E-state index >= 15 is 0 Å². The number of hydrogen-bond acceptors (Lipinski definition) is 3. The Balaban J connectivity index is 2.34. The van der Waals surface area contributed by atoms with Crippen molar-refractivity contribution < 1.29 is 5.11 Å². The Morgan fingerprint density at radius 3 is 2.80 bits per heavy atom. The summed E-state index contributed by atoms with van der Waals surface area (Å²) in [5.41, 5.74) is 2.41. The Morgan fingerprint density at radius 1 is 1.53 bits per heavy atom. The van der Waals surface area contributed by atoms with Crippen molar-refractivity contribution in [2.45, 2.75) is 25.5 Å². The summed E-state index contributed by atoms with van der Waals surface area (Å²) in [6.07, 6.45) is 2.42. The lowest BCUT2D eigenvalue weighted by atomic mass is 10.1. The Bertz CT molecular complexity index is 405. The molecule has 0 radical (unpaired) electrons. The third-order valence-electron chi connectivity index (χ3n) is 2.84. The average molecular weight is 202 g/mol. The smallest absolute Gasteiger partial charge is 0.101 e. The Kier molecular flexibility index (Phi) is 2.61. The molecule has 0 spiro atoms. The zero-order valence-corrected chi connectivity index (χ0v) is 8.77. The molecule has 0 atom stereocenters. The number of anilines is 1. The van der Waals surface area contributed by atoms with Crippen LogP contribution in [0.2, 0.25) is 0 Å². The van der Waals surface area contributed by atoms with Crippen molar-refractivity contribution in [1.82, 2.24) is 0 Å². The van der Waals surface area contributed by atoms with Gasteiger partial charge < -0.3 is 10.0 Å². The van der Waals surface area contributed by atoms with E-state index in [1.54, 1.807) is 6.07 Å². The van der Waals surface area contributed by atoms with Crippen LogP contribution >= 0.6 is 0 Å². The lowest BCUT2D eigenvalue weighted by Crippen LogP contribution is -2.20. The zero-order valence-electron chi connectivity index (χ0n) is 8.77. The van der Waals surface area contributed by atoms with E-state index in [9.17, 15) is 0 Å². The molecule has 0 unspecified atom stereocenters. The van der Waals surface area contributed by atoms with E-state index in [2.05, 4.69) is 11.0 Å². The molecule has 3 heteroatoms. The van der Waals surface area contributed by atoms with Gasteiger partial charge in [-0.3, -0.25) is 0 Å². The molecular weight excluding hydrogens is 188 g/mol. The first kappa shape index (κ1) is 10.0. The van der Waals surface area contributed by atoms with Gasteiger partial charge in [-0.15, -0.1) is 0 Å². The lowest BCUT2D eigenvalue weighted by Gasteiger charge is -2.20. The Labute approximate surface area is 89.6 Å². The highest BCUT2D eigenvalue weighted by Gasteiger charge is 2.27. The summed E-state index contributed by atoms with van der Waals surface area (Å²) in [4.78, 5) is 2.15. The largest absolute Gasteiger partial charge is 0.392 e. The number of hydrogen-bond donors (Lipinski definition) is 1. The van der Waals surface area contributed by atoms with Crippen LogP contribution in [-0.2, 0) is 6.61 Å². The summed E-state index contributed by atoms with van der Waals surface area (Å²) < 4.78 is 0. The molecule has 1 aromatic carbocycles. The minimum Gasteiger partial charge on any atom is -0.392 e. The molecule has 1 aromatic rings. The van der Waals surface area contributed by atoms with Gasteiger partial charge in [0.15, 0.2) is 0 Å². The molecule has 78 valence electrons. The fourth-order valence-corrected chi connectivity index (χ4v) is 1.74. The van der Waals surface area contributed by atoms with Crippen LogP contribution in [0.15, 0.2) is 18.2 Å². The first-order valence-corrected chi connectivity index (χ1v) is 5.13. The summed E-state index contributed by atoms with van der Waals surface area (Å²) in [6, 6.07) is 8.32. The van der Waals surface area contributed by atoms with Gasteiger partial charge in [0.25, 0.3) is 0 Å². The summed E-state index contributed by atoms with van der Waals surface area (Å²) in [5.74, 6) is 0. The molecule has 0 aliphatic heterocycles. The third-order valence-corrected chi connectivity index (χ3v) is 2.84. The number of aliphatic hydroxyl groups excluding tert-OH is 1.